The molecule has 0 spiro atoms. The van der Waals surface area contributed by atoms with Crippen LogP contribution in [0.4, 0.5) is 4.39 Å². The minimum absolute atomic E-state index is 0.270. The first-order valence-corrected chi connectivity index (χ1v) is 9.21. The second-order valence-electron chi connectivity index (χ2n) is 7.21. The molecule has 0 atom stereocenters. The van der Waals surface area contributed by atoms with Gasteiger partial charge in [-0.15, -0.1) is 0 Å². The summed E-state index contributed by atoms with van der Waals surface area (Å²) in [5, 5.41) is 16.4. The van der Waals surface area contributed by atoms with Gasteiger partial charge >= 0.3 is 5.97 Å². The van der Waals surface area contributed by atoms with Gasteiger partial charge in [0.15, 0.2) is 0 Å². The minimum Gasteiger partial charge on any atom is -0.480 e. The quantitative estimate of drug-likeness (QED) is 0.522. The summed E-state index contributed by atoms with van der Waals surface area (Å²) in [6.45, 7) is 0.567. The molecule has 27 heavy (non-hydrogen) atoms. The van der Waals surface area contributed by atoms with Crippen LogP contribution < -0.4 is 0 Å². The molecule has 144 valence electrons. The molecule has 2 N–H and O–H groups in total. The first kappa shape index (κ1) is 19.1. The van der Waals surface area contributed by atoms with Gasteiger partial charge in [-0.3, -0.25) is 14.7 Å². The number of carbonyl (C=O) groups excluding carboxylic acids is 1. The summed E-state index contributed by atoms with van der Waals surface area (Å²) in [6.07, 6.45) is 4.44. The second-order valence-corrected chi connectivity index (χ2v) is 7.21. The van der Waals surface area contributed by atoms with Crippen molar-refractivity contribution in [3.8, 4) is 11.3 Å². The van der Waals surface area contributed by atoms with E-state index >= 15 is 0 Å². The number of carboxylic acids is 1. The van der Waals surface area contributed by atoms with Crippen LogP contribution in [0.1, 0.15) is 37.8 Å². The number of amides is 1. The van der Waals surface area contributed by atoms with Crippen molar-refractivity contribution in [2.24, 2.45) is 5.41 Å². The number of hydrogen-bond acceptors (Lipinski definition) is 3. The smallest absolute Gasteiger partial charge is 0.319 e. The van der Waals surface area contributed by atoms with E-state index in [4.69, 9.17) is 0 Å². The fourth-order valence-electron chi connectivity index (χ4n) is 3.21. The summed E-state index contributed by atoms with van der Waals surface area (Å²) in [5.41, 5.74) is 1.52. The number of carboxylic acid groups (broad SMARTS) is 1. The van der Waals surface area contributed by atoms with E-state index in [0.29, 0.717) is 19.4 Å². The Kier molecular flexibility index (Phi) is 5.58. The highest BCUT2D eigenvalue weighted by molar-refractivity contribution is 6.04. The van der Waals surface area contributed by atoms with Crippen molar-refractivity contribution >= 4 is 11.9 Å². The van der Waals surface area contributed by atoms with Crippen molar-refractivity contribution in [2.45, 2.75) is 38.5 Å². The Hall–Kier alpha value is -2.70. The predicted octanol–water partition coefficient (Wildman–Crippen LogP) is 3.25. The van der Waals surface area contributed by atoms with E-state index in [0.717, 1.165) is 42.6 Å². The maximum atomic E-state index is 13.0. The molecular weight excluding hydrogens is 349 g/mol. The van der Waals surface area contributed by atoms with E-state index in [9.17, 15) is 19.1 Å². The number of nitrogens with one attached hydrogen (secondary N) is 1. The van der Waals surface area contributed by atoms with E-state index in [1.54, 1.807) is 24.1 Å². The van der Waals surface area contributed by atoms with Gasteiger partial charge in [0.2, 0.25) is 5.91 Å². The van der Waals surface area contributed by atoms with Gasteiger partial charge in [0.1, 0.15) is 11.2 Å². The van der Waals surface area contributed by atoms with Crippen molar-refractivity contribution < 1.29 is 19.1 Å². The van der Waals surface area contributed by atoms with Gasteiger partial charge in [0.05, 0.1) is 5.69 Å². The van der Waals surface area contributed by atoms with Crippen molar-refractivity contribution in [3.63, 3.8) is 0 Å². The number of hydrogen-bond donors (Lipinski definition) is 2. The average Bonchev–Trinajstić information content (AvgIpc) is 3.34. The number of aromatic amines is 1. The molecule has 2 aromatic rings. The zero-order valence-corrected chi connectivity index (χ0v) is 15.4. The van der Waals surface area contributed by atoms with Crippen LogP contribution in [0.2, 0.25) is 0 Å². The molecule has 6 nitrogen and oxygen atoms in total. The number of halogens is 1. The molecule has 1 amide bonds. The lowest BCUT2D eigenvalue weighted by atomic mass is 10.1. The van der Waals surface area contributed by atoms with Crippen molar-refractivity contribution in [1.29, 1.82) is 0 Å². The highest BCUT2D eigenvalue weighted by Gasteiger charge is 2.58. The largest absolute Gasteiger partial charge is 0.480 e. The summed E-state index contributed by atoms with van der Waals surface area (Å²) in [4.78, 5) is 25.0. The molecule has 1 fully saturated rings. The maximum Gasteiger partial charge on any atom is 0.319 e. The molecule has 1 heterocycles. The highest BCUT2D eigenvalue weighted by Crippen LogP contribution is 2.47. The molecule has 0 saturated heterocycles. The van der Waals surface area contributed by atoms with E-state index in [2.05, 4.69) is 10.2 Å². The maximum absolute atomic E-state index is 13.0. The summed E-state index contributed by atoms with van der Waals surface area (Å²) in [5.74, 6) is -1.54. The van der Waals surface area contributed by atoms with Crippen molar-refractivity contribution in [1.82, 2.24) is 15.1 Å². The van der Waals surface area contributed by atoms with Crippen molar-refractivity contribution in [3.05, 3.63) is 41.8 Å². The van der Waals surface area contributed by atoms with Gasteiger partial charge in [-0.1, -0.05) is 6.42 Å². The molecule has 1 aromatic heterocycles. The lowest BCUT2D eigenvalue weighted by molar-refractivity contribution is -0.152. The molecule has 1 saturated carbocycles. The Balaban J connectivity index is 1.39. The van der Waals surface area contributed by atoms with Crippen molar-refractivity contribution in [2.75, 3.05) is 13.6 Å². The van der Waals surface area contributed by atoms with Gasteiger partial charge in [-0.25, -0.2) is 4.39 Å². The topological polar surface area (TPSA) is 86.3 Å². The third-order valence-electron chi connectivity index (χ3n) is 5.13. The zero-order chi connectivity index (χ0) is 19.4. The molecule has 0 aliphatic heterocycles. The van der Waals surface area contributed by atoms with Crippen LogP contribution in [0.5, 0.6) is 0 Å². The number of nitrogens with zero attached hydrogens (tertiary/aromatic N) is 2. The van der Waals surface area contributed by atoms with Crippen LogP contribution in [0.3, 0.4) is 0 Å². The van der Waals surface area contributed by atoms with Crippen LogP contribution in [0, 0.1) is 11.2 Å². The fraction of sp³-hybridized carbons (Fsp3) is 0.450. The average molecular weight is 373 g/mol. The Morgan fingerprint density at radius 2 is 1.93 bits per heavy atom. The second kappa shape index (κ2) is 7.90. The number of aliphatic carboxylic acids is 1. The molecule has 1 aliphatic rings. The van der Waals surface area contributed by atoms with Gasteiger partial charge in [0, 0.05) is 24.8 Å². The zero-order valence-electron chi connectivity index (χ0n) is 15.4. The molecule has 0 unspecified atom stereocenters. The minimum atomic E-state index is -1.15. The Morgan fingerprint density at radius 3 is 2.56 bits per heavy atom. The van der Waals surface area contributed by atoms with Gasteiger partial charge in [-0.05, 0) is 62.4 Å². The summed E-state index contributed by atoms with van der Waals surface area (Å²) < 4.78 is 13.0. The van der Waals surface area contributed by atoms with E-state index in [1.807, 2.05) is 6.07 Å². The number of unbranched alkanes of at least 4 members (excludes halogenated alkanes) is 2. The van der Waals surface area contributed by atoms with Gasteiger partial charge < -0.3 is 10.0 Å². The Labute approximate surface area is 157 Å². The number of H-pyrrole nitrogens is 1. The first-order valence-electron chi connectivity index (χ1n) is 9.21. The normalized spacial score (nSPS) is 14.7. The first-order chi connectivity index (χ1) is 12.9. The van der Waals surface area contributed by atoms with Crippen LogP contribution in [0.25, 0.3) is 11.3 Å². The number of carbonyl (C=O) groups is 2. The Bertz CT molecular complexity index is 812. The molecular formula is C20H24FN3O3. The number of aromatic nitrogens is 2. The van der Waals surface area contributed by atoms with Gasteiger partial charge in [0.25, 0.3) is 0 Å². The summed E-state index contributed by atoms with van der Waals surface area (Å²) in [7, 11) is 1.68. The van der Waals surface area contributed by atoms with Crippen LogP contribution >= 0.6 is 0 Å². The Morgan fingerprint density at radius 1 is 1.22 bits per heavy atom. The highest BCUT2D eigenvalue weighted by atomic mass is 19.1. The molecule has 7 heteroatoms. The van der Waals surface area contributed by atoms with E-state index in [-0.39, 0.29) is 11.7 Å². The van der Waals surface area contributed by atoms with E-state index in [1.165, 1.54) is 12.1 Å². The molecule has 3 rings (SSSR count). The lowest BCUT2D eigenvalue weighted by Gasteiger charge is -2.20. The predicted molar refractivity (Wildman–Crippen MR) is 98.5 cm³/mol. The molecule has 0 radical (unpaired) electrons. The SMILES string of the molecule is CN(CCCCCc1cc(-c2ccc(F)cc2)n[nH]1)C(=O)C1(C(=O)O)CC1. The third-order valence-corrected chi connectivity index (χ3v) is 5.13. The van der Waals surface area contributed by atoms with Crippen LogP contribution in [-0.4, -0.2) is 45.7 Å². The summed E-state index contributed by atoms with van der Waals surface area (Å²) >= 11 is 0. The molecule has 0 bridgehead atoms. The van der Waals surface area contributed by atoms with E-state index < -0.39 is 11.4 Å². The number of aryl methyl sites for hydroxylation is 1. The summed E-state index contributed by atoms with van der Waals surface area (Å²) in [6, 6.07) is 8.19. The van der Waals surface area contributed by atoms with Crippen LogP contribution in [0.15, 0.2) is 30.3 Å². The number of rotatable bonds is 9. The lowest BCUT2D eigenvalue weighted by Crippen LogP contribution is -2.38. The standard InChI is InChI=1S/C20H24FN3O3/c1-24(18(25)20(10-11-20)19(26)27)12-4-2-3-5-16-13-17(23-22-16)14-6-8-15(21)9-7-14/h6-9,13H,2-5,10-12H2,1H3,(H,22,23)(H,26,27). The van der Waals surface area contributed by atoms with Gasteiger partial charge in [-0.2, -0.15) is 5.10 Å². The fourth-order valence-corrected chi connectivity index (χ4v) is 3.21. The monoisotopic (exact) mass is 373 g/mol. The molecule has 1 aliphatic carbocycles. The molecule has 1 aromatic carbocycles. The third kappa shape index (κ3) is 4.35. The van der Waals surface area contributed by atoms with Crippen LogP contribution in [-0.2, 0) is 16.0 Å². The number of benzene rings is 1.